The van der Waals surface area contributed by atoms with Gasteiger partial charge in [0, 0.05) is 26.1 Å². The molecule has 1 saturated heterocycles. The molecule has 1 aliphatic carbocycles. The number of halogens is 3. The van der Waals surface area contributed by atoms with Gasteiger partial charge in [-0.25, -0.2) is 0 Å². The van der Waals surface area contributed by atoms with E-state index >= 15 is 0 Å². The second kappa shape index (κ2) is 7.67. The van der Waals surface area contributed by atoms with E-state index in [-0.39, 0.29) is 0 Å². The highest BCUT2D eigenvalue weighted by Crippen LogP contribution is 2.45. The van der Waals surface area contributed by atoms with Crippen LogP contribution in [0.1, 0.15) is 47.6 Å². The molecule has 1 aromatic carbocycles. The molecule has 2 aromatic rings. The van der Waals surface area contributed by atoms with E-state index in [1.807, 2.05) is 12.3 Å². The maximum atomic E-state index is 6.37. The van der Waals surface area contributed by atoms with Crippen molar-refractivity contribution in [1.82, 2.24) is 10.3 Å². The summed E-state index contributed by atoms with van der Waals surface area (Å²) < 4.78 is 2.20. The van der Waals surface area contributed by atoms with Gasteiger partial charge >= 0.3 is 0 Å². The van der Waals surface area contributed by atoms with Crippen molar-refractivity contribution in [3.8, 4) is 0 Å². The standard InChI is InChI=1S/C20H21Br2ClN2/c21-15-8-14-4-3-13-9-16(23)10-17(22)18(13)19(20(14)25-11-15)12-2-1-6-24-7-5-12/h8-12,19,24H,1-7H2/t12?,19-/m1/s1. The van der Waals surface area contributed by atoms with Gasteiger partial charge in [0.25, 0.3) is 0 Å². The van der Waals surface area contributed by atoms with Gasteiger partial charge in [0.1, 0.15) is 0 Å². The molecule has 2 atom stereocenters. The predicted molar refractivity (Wildman–Crippen MR) is 111 cm³/mol. The molecule has 0 saturated carbocycles. The number of hydrogen-bond acceptors (Lipinski definition) is 2. The van der Waals surface area contributed by atoms with E-state index in [1.54, 1.807) is 0 Å². The quantitative estimate of drug-likeness (QED) is 0.547. The van der Waals surface area contributed by atoms with Crippen LogP contribution in [0.3, 0.4) is 0 Å². The third-order valence-electron chi connectivity index (χ3n) is 5.51. The zero-order valence-electron chi connectivity index (χ0n) is 14.0. The molecule has 0 radical (unpaired) electrons. The third-order valence-corrected chi connectivity index (χ3v) is 6.82. The highest BCUT2D eigenvalue weighted by atomic mass is 79.9. The van der Waals surface area contributed by atoms with Gasteiger partial charge in [0.15, 0.2) is 0 Å². The van der Waals surface area contributed by atoms with Crippen molar-refractivity contribution in [2.24, 2.45) is 5.92 Å². The van der Waals surface area contributed by atoms with Crippen LogP contribution in [-0.2, 0) is 12.8 Å². The van der Waals surface area contributed by atoms with Crippen molar-refractivity contribution >= 4 is 43.5 Å². The Morgan fingerprint density at radius 1 is 1.04 bits per heavy atom. The van der Waals surface area contributed by atoms with E-state index in [0.717, 1.165) is 39.9 Å². The lowest BCUT2D eigenvalue weighted by molar-refractivity contribution is 0.414. The first kappa shape index (κ1) is 18.0. The summed E-state index contributed by atoms with van der Waals surface area (Å²) in [7, 11) is 0. The summed E-state index contributed by atoms with van der Waals surface area (Å²) in [5, 5.41) is 4.36. The summed E-state index contributed by atoms with van der Waals surface area (Å²) in [6.07, 6.45) is 7.65. The van der Waals surface area contributed by atoms with Crippen molar-refractivity contribution in [3.63, 3.8) is 0 Å². The summed E-state index contributed by atoms with van der Waals surface area (Å²) >= 11 is 13.8. The molecule has 1 N–H and O–H groups in total. The molecular weight excluding hydrogens is 463 g/mol. The number of hydrogen-bond donors (Lipinski definition) is 1. The van der Waals surface area contributed by atoms with E-state index in [2.05, 4.69) is 49.3 Å². The largest absolute Gasteiger partial charge is 0.317 e. The zero-order chi connectivity index (χ0) is 17.4. The topological polar surface area (TPSA) is 24.9 Å². The first-order chi connectivity index (χ1) is 12.1. The minimum atomic E-state index is 0.340. The van der Waals surface area contributed by atoms with E-state index in [1.165, 1.54) is 41.6 Å². The SMILES string of the molecule is Clc1cc(Br)c2c(c1)CCc1cc(Br)cnc1[C@@H]2C1CCCNCC1. The minimum Gasteiger partial charge on any atom is -0.317 e. The fraction of sp³-hybridized carbons (Fsp3) is 0.450. The number of nitrogens with one attached hydrogen (secondary N) is 1. The summed E-state index contributed by atoms with van der Waals surface area (Å²) in [5.41, 5.74) is 5.41. The number of rotatable bonds is 1. The predicted octanol–water partition coefficient (Wildman–Crippen LogP) is 5.88. The Kier molecular flexibility index (Phi) is 5.52. The first-order valence-electron chi connectivity index (χ1n) is 8.96. The maximum Gasteiger partial charge on any atom is 0.0514 e. The number of nitrogens with zero attached hydrogens (tertiary/aromatic N) is 1. The van der Waals surface area contributed by atoms with Crippen LogP contribution in [0.5, 0.6) is 0 Å². The Morgan fingerprint density at radius 3 is 2.76 bits per heavy atom. The molecule has 0 bridgehead atoms. The molecule has 25 heavy (non-hydrogen) atoms. The summed E-state index contributed by atoms with van der Waals surface area (Å²) in [6, 6.07) is 6.46. The van der Waals surface area contributed by atoms with E-state index in [0.29, 0.717) is 11.8 Å². The zero-order valence-corrected chi connectivity index (χ0v) is 17.9. The lowest BCUT2D eigenvalue weighted by atomic mass is 9.77. The highest BCUT2D eigenvalue weighted by molar-refractivity contribution is 9.10. The van der Waals surface area contributed by atoms with Crippen LogP contribution in [0.25, 0.3) is 0 Å². The normalized spacial score (nSPS) is 23.3. The van der Waals surface area contributed by atoms with Crippen LogP contribution in [0.4, 0.5) is 0 Å². The van der Waals surface area contributed by atoms with Crippen LogP contribution in [0, 0.1) is 5.92 Å². The van der Waals surface area contributed by atoms with Crippen molar-refractivity contribution in [2.75, 3.05) is 13.1 Å². The number of fused-ring (bicyclic) bond motifs is 2. The number of aryl methyl sites for hydroxylation is 2. The molecule has 1 unspecified atom stereocenters. The second-order valence-electron chi connectivity index (χ2n) is 7.08. The molecule has 0 amide bonds. The summed E-state index contributed by atoms with van der Waals surface area (Å²) in [6.45, 7) is 2.21. The van der Waals surface area contributed by atoms with Gasteiger partial charge in [-0.05, 0) is 102 Å². The third kappa shape index (κ3) is 3.69. The van der Waals surface area contributed by atoms with E-state index < -0.39 is 0 Å². The van der Waals surface area contributed by atoms with Crippen molar-refractivity contribution in [3.05, 3.63) is 60.7 Å². The Labute approximate surface area is 171 Å². The number of pyridine rings is 1. The molecule has 5 heteroatoms. The van der Waals surface area contributed by atoms with Gasteiger partial charge in [-0.1, -0.05) is 27.5 Å². The molecule has 1 aliphatic heterocycles. The van der Waals surface area contributed by atoms with Crippen LogP contribution < -0.4 is 5.32 Å². The Hall–Kier alpha value is -0.420. The van der Waals surface area contributed by atoms with Crippen LogP contribution in [0.2, 0.25) is 5.02 Å². The Morgan fingerprint density at radius 2 is 1.88 bits per heavy atom. The number of benzene rings is 1. The molecule has 1 aromatic heterocycles. The maximum absolute atomic E-state index is 6.37. The van der Waals surface area contributed by atoms with Gasteiger partial charge in [0.2, 0.25) is 0 Å². The van der Waals surface area contributed by atoms with Gasteiger partial charge in [0.05, 0.1) is 5.69 Å². The second-order valence-corrected chi connectivity index (χ2v) is 9.28. The molecule has 1 fully saturated rings. The fourth-order valence-electron chi connectivity index (χ4n) is 4.41. The lowest BCUT2D eigenvalue weighted by Gasteiger charge is -2.29. The smallest absolute Gasteiger partial charge is 0.0514 e. The average molecular weight is 485 g/mol. The highest BCUT2D eigenvalue weighted by Gasteiger charge is 2.33. The van der Waals surface area contributed by atoms with Crippen molar-refractivity contribution < 1.29 is 0 Å². The van der Waals surface area contributed by atoms with Gasteiger partial charge in [-0.3, -0.25) is 4.98 Å². The van der Waals surface area contributed by atoms with Crippen LogP contribution in [0.15, 0.2) is 33.3 Å². The average Bonchev–Trinajstić information content (AvgIpc) is 2.92. The summed E-state index contributed by atoms with van der Waals surface area (Å²) in [5.74, 6) is 0.948. The van der Waals surface area contributed by atoms with Gasteiger partial charge in [-0.2, -0.15) is 0 Å². The monoisotopic (exact) mass is 482 g/mol. The molecule has 2 aliphatic rings. The molecule has 4 rings (SSSR count). The van der Waals surface area contributed by atoms with Crippen molar-refractivity contribution in [2.45, 2.75) is 38.0 Å². The van der Waals surface area contributed by atoms with E-state index in [4.69, 9.17) is 16.6 Å². The molecule has 2 nitrogen and oxygen atoms in total. The minimum absolute atomic E-state index is 0.340. The first-order valence-corrected chi connectivity index (χ1v) is 10.9. The number of aromatic nitrogens is 1. The Balaban J connectivity index is 1.89. The fourth-order valence-corrected chi connectivity index (χ4v) is 5.91. The van der Waals surface area contributed by atoms with Crippen molar-refractivity contribution in [1.29, 1.82) is 0 Å². The summed E-state index contributed by atoms with van der Waals surface area (Å²) in [4.78, 5) is 4.91. The Bertz CT molecular complexity index is 786. The molecule has 2 heterocycles. The van der Waals surface area contributed by atoms with E-state index in [9.17, 15) is 0 Å². The van der Waals surface area contributed by atoms with Gasteiger partial charge < -0.3 is 5.32 Å². The molecule has 0 spiro atoms. The van der Waals surface area contributed by atoms with Crippen LogP contribution >= 0.6 is 43.5 Å². The van der Waals surface area contributed by atoms with Crippen LogP contribution in [-0.4, -0.2) is 18.1 Å². The lowest BCUT2D eigenvalue weighted by Crippen LogP contribution is -2.20. The molecule has 132 valence electrons. The van der Waals surface area contributed by atoms with Gasteiger partial charge in [-0.15, -0.1) is 0 Å². The molecular formula is C20H21Br2ClN2.